The predicted octanol–water partition coefficient (Wildman–Crippen LogP) is 3.46. The molecule has 0 bridgehead atoms. The number of piperidine rings is 1. The Morgan fingerprint density at radius 1 is 1.07 bits per heavy atom. The summed E-state index contributed by atoms with van der Waals surface area (Å²) in [6, 6.07) is 11.0. The summed E-state index contributed by atoms with van der Waals surface area (Å²) in [7, 11) is -0.694. The molecule has 1 fully saturated rings. The average molecular weight is 416 g/mol. The SMILES string of the molecule is COc1ccc(OC)c(S(=O)(=O)N2CCC(c3nc4ccc(C)cc4[nH]3)CC2)c1. The van der Waals surface area contributed by atoms with Crippen LogP contribution in [-0.2, 0) is 10.0 Å². The van der Waals surface area contributed by atoms with Crippen molar-refractivity contribution < 1.29 is 17.9 Å². The number of H-pyrrole nitrogens is 1. The minimum atomic E-state index is -3.68. The van der Waals surface area contributed by atoms with Gasteiger partial charge >= 0.3 is 0 Å². The van der Waals surface area contributed by atoms with Crippen LogP contribution in [0.25, 0.3) is 11.0 Å². The topological polar surface area (TPSA) is 84.5 Å². The van der Waals surface area contributed by atoms with Gasteiger partial charge in [-0.3, -0.25) is 0 Å². The number of aryl methyl sites for hydroxylation is 1. The molecule has 0 amide bonds. The van der Waals surface area contributed by atoms with Crippen molar-refractivity contribution in [1.82, 2.24) is 14.3 Å². The van der Waals surface area contributed by atoms with Crippen molar-refractivity contribution in [2.75, 3.05) is 27.3 Å². The molecule has 0 saturated carbocycles. The van der Waals surface area contributed by atoms with Crippen molar-refractivity contribution >= 4 is 21.1 Å². The highest BCUT2D eigenvalue weighted by Crippen LogP contribution is 2.34. The molecule has 0 atom stereocenters. The molecule has 0 aliphatic carbocycles. The van der Waals surface area contributed by atoms with Gasteiger partial charge in [0, 0.05) is 25.1 Å². The van der Waals surface area contributed by atoms with E-state index in [1.54, 1.807) is 12.1 Å². The summed E-state index contributed by atoms with van der Waals surface area (Å²) < 4.78 is 38.4. The fraction of sp³-hybridized carbons (Fsp3) is 0.381. The van der Waals surface area contributed by atoms with E-state index in [9.17, 15) is 8.42 Å². The van der Waals surface area contributed by atoms with Crippen molar-refractivity contribution in [3.63, 3.8) is 0 Å². The van der Waals surface area contributed by atoms with Crippen LogP contribution in [0.2, 0.25) is 0 Å². The first-order valence-corrected chi connectivity index (χ1v) is 11.0. The summed E-state index contributed by atoms with van der Waals surface area (Å²) in [5, 5.41) is 0. The Hall–Kier alpha value is -2.58. The quantitative estimate of drug-likeness (QED) is 0.690. The molecular weight excluding hydrogens is 390 g/mol. The maximum atomic E-state index is 13.2. The maximum Gasteiger partial charge on any atom is 0.246 e. The molecule has 7 nitrogen and oxygen atoms in total. The number of aromatic amines is 1. The first-order chi connectivity index (χ1) is 13.9. The van der Waals surface area contributed by atoms with Gasteiger partial charge in [-0.15, -0.1) is 0 Å². The summed E-state index contributed by atoms with van der Waals surface area (Å²) in [5.74, 6) is 1.94. The first-order valence-electron chi connectivity index (χ1n) is 9.61. The number of nitrogens with zero attached hydrogens (tertiary/aromatic N) is 2. The molecule has 2 aromatic carbocycles. The van der Waals surface area contributed by atoms with Crippen molar-refractivity contribution in [2.45, 2.75) is 30.6 Å². The Morgan fingerprint density at radius 2 is 1.83 bits per heavy atom. The van der Waals surface area contributed by atoms with Crippen molar-refractivity contribution in [3.8, 4) is 11.5 Å². The van der Waals surface area contributed by atoms with Gasteiger partial charge in [-0.1, -0.05) is 6.07 Å². The van der Waals surface area contributed by atoms with Crippen LogP contribution in [0.5, 0.6) is 11.5 Å². The molecule has 1 aliphatic heterocycles. The van der Waals surface area contributed by atoms with E-state index in [1.165, 1.54) is 30.2 Å². The number of aromatic nitrogens is 2. The highest BCUT2D eigenvalue weighted by molar-refractivity contribution is 7.89. The van der Waals surface area contributed by atoms with E-state index >= 15 is 0 Å². The molecule has 29 heavy (non-hydrogen) atoms. The van der Waals surface area contributed by atoms with Gasteiger partial charge in [-0.25, -0.2) is 13.4 Å². The zero-order chi connectivity index (χ0) is 20.6. The van der Waals surface area contributed by atoms with Crippen LogP contribution in [-0.4, -0.2) is 50.0 Å². The van der Waals surface area contributed by atoms with E-state index in [-0.39, 0.29) is 10.8 Å². The normalized spacial score (nSPS) is 16.2. The summed E-state index contributed by atoms with van der Waals surface area (Å²) in [6.45, 7) is 2.92. The van der Waals surface area contributed by atoms with E-state index in [0.717, 1.165) is 16.9 Å². The molecular formula is C21H25N3O4S. The molecule has 0 spiro atoms. The second-order valence-corrected chi connectivity index (χ2v) is 9.24. The number of nitrogens with one attached hydrogen (secondary N) is 1. The highest BCUT2D eigenvalue weighted by Gasteiger charge is 2.33. The maximum absolute atomic E-state index is 13.2. The van der Waals surface area contributed by atoms with Crippen LogP contribution in [0, 0.1) is 6.92 Å². The summed E-state index contributed by atoms with van der Waals surface area (Å²) in [6.07, 6.45) is 1.43. The van der Waals surface area contributed by atoms with Crippen LogP contribution in [0.1, 0.15) is 30.1 Å². The number of fused-ring (bicyclic) bond motifs is 1. The second kappa shape index (κ2) is 7.68. The molecule has 0 unspecified atom stereocenters. The monoisotopic (exact) mass is 415 g/mol. The lowest BCUT2D eigenvalue weighted by Gasteiger charge is -2.30. The van der Waals surface area contributed by atoms with Gasteiger partial charge in [0.05, 0.1) is 25.3 Å². The third-order valence-electron chi connectivity index (χ3n) is 5.48. The van der Waals surface area contributed by atoms with Crippen LogP contribution in [0.3, 0.4) is 0 Å². The van der Waals surface area contributed by atoms with Gasteiger partial charge < -0.3 is 14.5 Å². The van der Waals surface area contributed by atoms with Crippen LogP contribution in [0.15, 0.2) is 41.3 Å². The van der Waals surface area contributed by atoms with Gasteiger partial charge in [-0.05, 0) is 49.6 Å². The third kappa shape index (κ3) is 3.70. The van der Waals surface area contributed by atoms with Crippen molar-refractivity contribution in [1.29, 1.82) is 0 Å². The molecule has 1 aromatic heterocycles. The van der Waals surface area contributed by atoms with Crippen LogP contribution in [0.4, 0.5) is 0 Å². The van der Waals surface area contributed by atoms with E-state index in [1.807, 2.05) is 12.1 Å². The summed E-state index contributed by atoms with van der Waals surface area (Å²) >= 11 is 0. The van der Waals surface area contributed by atoms with Gasteiger partial charge in [0.25, 0.3) is 0 Å². The van der Waals surface area contributed by atoms with Crippen LogP contribution >= 0.6 is 0 Å². The van der Waals surface area contributed by atoms with Gasteiger partial charge in [-0.2, -0.15) is 4.31 Å². The van der Waals surface area contributed by atoms with Crippen molar-refractivity contribution in [2.24, 2.45) is 0 Å². The zero-order valence-corrected chi connectivity index (χ0v) is 17.6. The number of methoxy groups -OCH3 is 2. The van der Waals surface area contributed by atoms with Gasteiger partial charge in [0.2, 0.25) is 10.0 Å². The lowest BCUT2D eigenvalue weighted by atomic mass is 9.97. The van der Waals surface area contributed by atoms with E-state index in [4.69, 9.17) is 14.5 Å². The van der Waals surface area contributed by atoms with Gasteiger partial charge in [0.1, 0.15) is 22.2 Å². The Morgan fingerprint density at radius 3 is 2.52 bits per heavy atom. The highest BCUT2D eigenvalue weighted by atomic mass is 32.2. The Labute approximate surface area is 170 Å². The number of hydrogen-bond acceptors (Lipinski definition) is 5. The minimum Gasteiger partial charge on any atom is -0.497 e. The number of hydrogen-bond donors (Lipinski definition) is 1. The Balaban J connectivity index is 1.54. The molecule has 8 heteroatoms. The van der Waals surface area contributed by atoms with E-state index < -0.39 is 10.0 Å². The Bertz CT molecular complexity index is 1130. The smallest absolute Gasteiger partial charge is 0.246 e. The summed E-state index contributed by atoms with van der Waals surface area (Å²) in [5.41, 5.74) is 3.15. The minimum absolute atomic E-state index is 0.136. The Kier molecular flexibility index (Phi) is 5.23. The van der Waals surface area contributed by atoms with E-state index in [2.05, 4.69) is 18.0 Å². The van der Waals surface area contributed by atoms with E-state index in [0.29, 0.717) is 37.4 Å². The standard InChI is InChI=1S/C21H25N3O4S/c1-14-4-6-17-18(12-14)23-21(22-17)15-8-10-24(11-9-15)29(25,26)20-13-16(27-2)5-7-19(20)28-3/h4-7,12-13,15H,8-11H2,1-3H3,(H,22,23). The number of rotatable bonds is 5. The van der Waals surface area contributed by atoms with Crippen LogP contribution < -0.4 is 9.47 Å². The molecule has 3 aromatic rings. The number of benzene rings is 2. The zero-order valence-electron chi connectivity index (χ0n) is 16.8. The molecule has 1 N–H and O–H groups in total. The lowest BCUT2D eigenvalue weighted by molar-refractivity contribution is 0.312. The molecule has 154 valence electrons. The van der Waals surface area contributed by atoms with Crippen molar-refractivity contribution in [3.05, 3.63) is 47.8 Å². The molecule has 1 aliphatic rings. The number of imidazole rings is 1. The molecule has 4 rings (SSSR count). The number of sulfonamides is 1. The summed E-state index contributed by atoms with van der Waals surface area (Å²) in [4.78, 5) is 8.26. The average Bonchev–Trinajstić information content (AvgIpc) is 3.16. The third-order valence-corrected chi connectivity index (χ3v) is 7.40. The number of ether oxygens (including phenoxy) is 2. The lowest BCUT2D eigenvalue weighted by Crippen LogP contribution is -2.38. The first kappa shape index (κ1) is 19.7. The molecule has 1 saturated heterocycles. The largest absolute Gasteiger partial charge is 0.497 e. The fourth-order valence-corrected chi connectivity index (χ4v) is 5.47. The molecule has 2 heterocycles. The molecule has 0 radical (unpaired) electrons. The van der Waals surface area contributed by atoms with Gasteiger partial charge in [0.15, 0.2) is 0 Å². The second-order valence-electron chi connectivity index (χ2n) is 7.34. The fourth-order valence-electron chi connectivity index (χ4n) is 3.83. The predicted molar refractivity (Wildman–Crippen MR) is 111 cm³/mol.